The van der Waals surface area contributed by atoms with E-state index in [1.54, 1.807) is 21.9 Å². The van der Waals surface area contributed by atoms with Crippen molar-refractivity contribution in [3.63, 3.8) is 0 Å². The van der Waals surface area contributed by atoms with E-state index in [1.165, 1.54) is 12.1 Å². The number of carbonyl (C=O) groups is 2. The Morgan fingerprint density at radius 1 is 1.26 bits per heavy atom. The summed E-state index contributed by atoms with van der Waals surface area (Å²) >= 11 is 0. The highest BCUT2D eigenvalue weighted by Gasteiger charge is 2.30. The fraction of sp³-hybridized carbons (Fsp3) is 0.556. The van der Waals surface area contributed by atoms with Crippen molar-refractivity contribution in [3.05, 3.63) is 35.6 Å². The average Bonchev–Trinajstić information content (AvgIpc) is 2.59. The van der Waals surface area contributed by atoms with E-state index in [2.05, 4.69) is 6.92 Å². The van der Waals surface area contributed by atoms with Crippen molar-refractivity contribution in [1.82, 2.24) is 9.80 Å². The van der Waals surface area contributed by atoms with E-state index in [1.807, 2.05) is 7.05 Å². The minimum absolute atomic E-state index is 0.0264. The van der Waals surface area contributed by atoms with Crippen LogP contribution in [0, 0.1) is 11.7 Å². The molecule has 2 amide bonds. The fourth-order valence-corrected chi connectivity index (χ4v) is 2.95. The molecule has 23 heavy (non-hydrogen) atoms. The van der Waals surface area contributed by atoms with Crippen LogP contribution in [0.2, 0.25) is 0 Å². The molecular formula is C18H25FN2O2. The minimum Gasteiger partial charge on any atom is -0.346 e. The van der Waals surface area contributed by atoms with Gasteiger partial charge in [-0.25, -0.2) is 4.39 Å². The minimum atomic E-state index is -0.491. The van der Waals surface area contributed by atoms with Gasteiger partial charge in [0.05, 0.1) is 5.56 Å². The maximum atomic E-state index is 13.7. The van der Waals surface area contributed by atoms with E-state index < -0.39 is 5.82 Å². The third kappa shape index (κ3) is 4.30. The second kappa shape index (κ2) is 8.09. The van der Waals surface area contributed by atoms with E-state index in [-0.39, 0.29) is 23.3 Å². The summed E-state index contributed by atoms with van der Waals surface area (Å²) in [7, 11) is 1.84. The third-order valence-corrected chi connectivity index (χ3v) is 4.46. The molecule has 0 atom stereocenters. The molecule has 1 heterocycles. The summed E-state index contributed by atoms with van der Waals surface area (Å²) < 4.78 is 13.7. The van der Waals surface area contributed by atoms with Crippen LogP contribution in [-0.2, 0) is 4.79 Å². The van der Waals surface area contributed by atoms with Gasteiger partial charge in [0.15, 0.2) is 0 Å². The summed E-state index contributed by atoms with van der Waals surface area (Å²) in [5.41, 5.74) is 0.109. The Bertz CT molecular complexity index is 554. The molecule has 1 aliphatic heterocycles. The summed E-state index contributed by atoms with van der Waals surface area (Å²) in [6.45, 7) is 3.89. The maximum Gasteiger partial charge on any atom is 0.256 e. The number of benzene rings is 1. The van der Waals surface area contributed by atoms with Gasteiger partial charge in [-0.2, -0.15) is 0 Å². The van der Waals surface area contributed by atoms with Crippen molar-refractivity contribution < 1.29 is 14.0 Å². The first kappa shape index (κ1) is 17.4. The molecule has 0 N–H and O–H groups in total. The number of nitrogens with zero attached hydrogens (tertiary/aromatic N) is 2. The van der Waals surface area contributed by atoms with Crippen LogP contribution < -0.4 is 0 Å². The number of hydrogen-bond acceptors (Lipinski definition) is 2. The normalized spacial score (nSPS) is 15.5. The summed E-state index contributed by atoms with van der Waals surface area (Å²) in [6, 6.07) is 6.04. The number of carbonyl (C=O) groups excluding carboxylic acids is 2. The topological polar surface area (TPSA) is 40.6 Å². The Morgan fingerprint density at radius 3 is 2.52 bits per heavy atom. The van der Waals surface area contributed by atoms with Gasteiger partial charge in [0.25, 0.3) is 5.91 Å². The van der Waals surface area contributed by atoms with Gasteiger partial charge in [0.2, 0.25) is 5.91 Å². The van der Waals surface area contributed by atoms with Crippen molar-refractivity contribution in [1.29, 1.82) is 0 Å². The lowest BCUT2D eigenvalue weighted by atomic mass is 9.94. The molecule has 4 nitrogen and oxygen atoms in total. The number of amides is 2. The second-order valence-corrected chi connectivity index (χ2v) is 6.16. The van der Waals surface area contributed by atoms with E-state index in [0.717, 1.165) is 19.4 Å². The molecule has 0 radical (unpaired) electrons. The third-order valence-electron chi connectivity index (χ3n) is 4.46. The Balaban J connectivity index is 1.90. The van der Waals surface area contributed by atoms with Crippen molar-refractivity contribution in [2.24, 2.45) is 5.92 Å². The average molecular weight is 320 g/mol. The molecule has 1 saturated heterocycles. The molecule has 1 aliphatic rings. The first-order valence-corrected chi connectivity index (χ1v) is 8.33. The second-order valence-electron chi connectivity index (χ2n) is 6.16. The predicted molar refractivity (Wildman–Crippen MR) is 87.6 cm³/mol. The number of likely N-dealkylation sites (tertiary alicyclic amines) is 1. The molecule has 126 valence electrons. The monoisotopic (exact) mass is 320 g/mol. The Labute approximate surface area is 137 Å². The van der Waals surface area contributed by atoms with E-state index in [9.17, 15) is 14.0 Å². The van der Waals surface area contributed by atoms with Gasteiger partial charge in [-0.15, -0.1) is 0 Å². The molecule has 0 aromatic heterocycles. The Morgan fingerprint density at radius 2 is 1.91 bits per heavy atom. The number of halogens is 1. The van der Waals surface area contributed by atoms with Crippen LogP contribution in [0.25, 0.3) is 0 Å². The fourth-order valence-electron chi connectivity index (χ4n) is 2.95. The molecule has 0 unspecified atom stereocenters. The first-order valence-electron chi connectivity index (χ1n) is 8.33. The smallest absolute Gasteiger partial charge is 0.256 e. The largest absolute Gasteiger partial charge is 0.346 e. The highest BCUT2D eigenvalue weighted by molar-refractivity contribution is 5.94. The van der Waals surface area contributed by atoms with Crippen LogP contribution in [0.1, 0.15) is 43.0 Å². The standard InChI is InChI=1S/C18H25FN2O2/c1-3-4-11-20(2)17(22)14-9-12-21(13-10-14)18(23)15-7-5-6-8-16(15)19/h5-8,14H,3-4,9-13H2,1-2H3. The van der Waals surface area contributed by atoms with Crippen LogP contribution in [0.5, 0.6) is 0 Å². The van der Waals surface area contributed by atoms with Gasteiger partial charge >= 0.3 is 0 Å². The Hall–Kier alpha value is -1.91. The van der Waals surface area contributed by atoms with Crippen LogP contribution in [0.4, 0.5) is 4.39 Å². The lowest BCUT2D eigenvalue weighted by molar-refractivity contribution is -0.135. The lowest BCUT2D eigenvalue weighted by Gasteiger charge is -2.33. The van der Waals surface area contributed by atoms with E-state index in [0.29, 0.717) is 25.9 Å². The molecule has 0 aliphatic carbocycles. The summed E-state index contributed by atoms with van der Waals surface area (Å²) in [6.07, 6.45) is 3.37. The molecule has 1 fully saturated rings. The van der Waals surface area contributed by atoms with Gasteiger partial charge in [-0.3, -0.25) is 9.59 Å². The van der Waals surface area contributed by atoms with Gasteiger partial charge in [-0.05, 0) is 31.4 Å². The number of hydrogen-bond donors (Lipinski definition) is 0. The van der Waals surface area contributed by atoms with Crippen LogP contribution >= 0.6 is 0 Å². The van der Waals surface area contributed by atoms with Crippen LogP contribution in [0.15, 0.2) is 24.3 Å². The quantitative estimate of drug-likeness (QED) is 0.837. The van der Waals surface area contributed by atoms with Gasteiger partial charge in [-0.1, -0.05) is 25.5 Å². The van der Waals surface area contributed by atoms with E-state index in [4.69, 9.17) is 0 Å². The van der Waals surface area contributed by atoms with E-state index >= 15 is 0 Å². The zero-order valence-electron chi connectivity index (χ0n) is 13.9. The maximum absolute atomic E-state index is 13.7. The molecule has 0 spiro atoms. The summed E-state index contributed by atoms with van der Waals surface area (Å²) in [5.74, 6) is -0.638. The first-order chi connectivity index (χ1) is 11.0. The van der Waals surface area contributed by atoms with Crippen molar-refractivity contribution in [3.8, 4) is 0 Å². The van der Waals surface area contributed by atoms with Crippen molar-refractivity contribution in [2.45, 2.75) is 32.6 Å². The SMILES string of the molecule is CCCCN(C)C(=O)C1CCN(C(=O)c2ccccc2F)CC1. The zero-order chi connectivity index (χ0) is 16.8. The number of rotatable bonds is 5. The molecule has 1 aromatic rings. The highest BCUT2D eigenvalue weighted by Crippen LogP contribution is 2.21. The molecular weight excluding hydrogens is 295 g/mol. The highest BCUT2D eigenvalue weighted by atomic mass is 19.1. The number of unbranched alkanes of at least 4 members (excludes halogenated alkanes) is 1. The molecule has 1 aromatic carbocycles. The van der Waals surface area contributed by atoms with Crippen LogP contribution in [0.3, 0.4) is 0 Å². The molecule has 0 saturated carbocycles. The summed E-state index contributed by atoms with van der Waals surface area (Å²) in [4.78, 5) is 28.2. The van der Waals surface area contributed by atoms with Gasteiger partial charge in [0, 0.05) is 32.6 Å². The van der Waals surface area contributed by atoms with Crippen molar-refractivity contribution >= 4 is 11.8 Å². The molecule has 0 bridgehead atoms. The zero-order valence-corrected chi connectivity index (χ0v) is 13.9. The van der Waals surface area contributed by atoms with Gasteiger partial charge < -0.3 is 9.80 Å². The molecule has 2 rings (SSSR count). The van der Waals surface area contributed by atoms with Crippen LogP contribution in [-0.4, -0.2) is 48.3 Å². The number of piperidine rings is 1. The van der Waals surface area contributed by atoms with Gasteiger partial charge in [0.1, 0.15) is 5.82 Å². The molecule has 5 heteroatoms. The van der Waals surface area contributed by atoms with Crippen molar-refractivity contribution in [2.75, 3.05) is 26.7 Å². The lowest BCUT2D eigenvalue weighted by Crippen LogP contribution is -2.43. The Kier molecular flexibility index (Phi) is 6.13. The predicted octanol–water partition coefficient (Wildman–Crippen LogP) is 2.94. The summed E-state index contributed by atoms with van der Waals surface area (Å²) in [5, 5.41) is 0.